The summed E-state index contributed by atoms with van der Waals surface area (Å²) in [5.41, 5.74) is 3.97. The Morgan fingerprint density at radius 3 is 2.50 bits per heavy atom. The highest BCUT2D eigenvalue weighted by atomic mass is 16.5. The van der Waals surface area contributed by atoms with Crippen molar-refractivity contribution in [3.8, 4) is 11.4 Å². The topological polar surface area (TPSA) is 126 Å². The van der Waals surface area contributed by atoms with Crippen molar-refractivity contribution < 1.29 is 19.1 Å². The summed E-state index contributed by atoms with van der Waals surface area (Å²) in [5.74, 6) is 1.42. The van der Waals surface area contributed by atoms with Crippen molar-refractivity contribution in [1.82, 2.24) is 30.0 Å². The van der Waals surface area contributed by atoms with Gasteiger partial charge in [-0.1, -0.05) is 24.3 Å². The van der Waals surface area contributed by atoms with Crippen molar-refractivity contribution in [2.75, 3.05) is 58.4 Å². The summed E-state index contributed by atoms with van der Waals surface area (Å²) >= 11 is 0. The molecule has 46 heavy (non-hydrogen) atoms. The number of ether oxygens (including phenoxy) is 2. The van der Waals surface area contributed by atoms with Crippen LogP contribution in [-0.4, -0.2) is 100 Å². The maximum atomic E-state index is 13.6. The lowest BCUT2D eigenvalue weighted by molar-refractivity contribution is -0.138. The third-order valence-electron chi connectivity index (χ3n) is 10.00. The predicted octanol–water partition coefficient (Wildman–Crippen LogP) is 4.35. The molecule has 2 amide bonds. The first kappa shape index (κ1) is 30.5. The SMILES string of the molecule is CO[C@@]1(C(=O)Nc2ccc3n[nH]c(C4CCOCC4)c3c2)CCN(CC(=O)N2CCC(c3ccc(-c4ncccn4)cc3)CC2)C1. The van der Waals surface area contributed by atoms with E-state index in [9.17, 15) is 9.59 Å². The van der Waals surface area contributed by atoms with Gasteiger partial charge in [-0.2, -0.15) is 5.10 Å². The van der Waals surface area contributed by atoms with Gasteiger partial charge in [0.2, 0.25) is 5.91 Å². The largest absolute Gasteiger partial charge is 0.381 e. The third kappa shape index (κ3) is 6.27. The van der Waals surface area contributed by atoms with Crippen LogP contribution in [0.4, 0.5) is 5.69 Å². The van der Waals surface area contributed by atoms with Gasteiger partial charge < -0.3 is 19.7 Å². The maximum absolute atomic E-state index is 13.6. The number of benzene rings is 2. The minimum absolute atomic E-state index is 0.105. The Morgan fingerprint density at radius 2 is 1.76 bits per heavy atom. The summed E-state index contributed by atoms with van der Waals surface area (Å²) < 4.78 is 11.4. The molecule has 7 rings (SSSR count). The summed E-state index contributed by atoms with van der Waals surface area (Å²) in [5, 5.41) is 11.8. The van der Waals surface area contributed by atoms with Crippen molar-refractivity contribution in [2.24, 2.45) is 0 Å². The Kier molecular flexibility index (Phi) is 8.79. The number of likely N-dealkylation sites (tertiary alicyclic amines) is 2. The molecular weight excluding hydrogens is 582 g/mol. The van der Waals surface area contributed by atoms with Gasteiger partial charge in [0, 0.05) is 87.1 Å². The first-order valence-corrected chi connectivity index (χ1v) is 16.3. The number of nitrogens with one attached hydrogen (secondary N) is 2. The molecular formula is C35H41N7O4. The molecule has 3 aliphatic heterocycles. The van der Waals surface area contributed by atoms with Gasteiger partial charge >= 0.3 is 0 Å². The summed E-state index contributed by atoms with van der Waals surface area (Å²) in [6.07, 6.45) is 7.78. The highest BCUT2D eigenvalue weighted by Crippen LogP contribution is 2.34. The zero-order valence-corrected chi connectivity index (χ0v) is 26.3. The number of piperidine rings is 1. The van der Waals surface area contributed by atoms with Gasteiger partial charge in [0.1, 0.15) is 0 Å². The molecule has 4 aromatic rings. The Balaban J connectivity index is 0.926. The number of aromatic nitrogens is 4. The maximum Gasteiger partial charge on any atom is 0.258 e. The van der Waals surface area contributed by atoms with Crippen molar-refractivity contribution in [2.45, 2.75) is 49.5 Å². The molecule has 11 heteroatoms. The smallest absolute Gasteiger partial charge is 0.258 e. The van der Waals surface area contributed by atoms with Gasteiger partial charge in [-0.15, -0.1) is 0 Å². The number of carbonyl (C=O) groups is 2. The normalized spacial score (nSPS) is 21.5. The van der Waals surface area contributed by atoms with Gasteiger partial charge in [0.25, 0.3) is 5.91 Å². The highest BCUT2D eigenvalue weighted by Gasteiger charge is 2.45. The summed E-state index contributed by atoms with van der Waals surface area (Å²) in [6, 6.07) is 16.1. The number of H-pyrrole nitrogens is 1. The standard InChI is InChI=1S/C35H41N7O4/c1-45-35(34(44)38-28-7-8-30-29(21-28)32(40-39-30)26-11-19-46-20-12-26)13-18-41(23-35)22-31(43)42-16-9-25(10-17-42)24-3-5-27(6-4-24)33-36-14-2-15-37-33/h2-8,14-15,21,25-26H,9-13,16-20,22-23H2,1H3,(H,38,44)(H,39,40)/t35-/m0/s1. The third-order valence-corrected chi connectivity index (χ3v) is 10.00. The van der Waals surface area contributed by atoms with E-state index in [1.807, 2.05) is 34.1 Å². The van der Waals surface area contributed by atoms with E-state index in [4.69, 9.17) is 9.47 Å². The van der Waals surface area contributed by atoms with Crippen LogP contribution in [0.1, 0.15) is 55.2 Å². The summed E-state index contributed by atoms with van der Waals surface area (Å²) in [4.78, 5) is 39.6. The number of amides is 2. The van der Waals surface area contributed by atoms with Crippen molar-refractivity contribution in [3.05, 3.63) is 72.2 Å². The highest BCUT2D eigenvalue weighted by molar-refractivity contribution is 5.99. The van der Waals surface area contributed by atoms with Gasteiger partial charge in [-0.3, -0.25) is 19.6 Å². The molecule has 0 spiro atoms. The predicted molar refractivity (Wildman–Crippen MR) is 174 cm³/mol. The second kappa shape index (κ2) is 13.3. The summed E-state index contributed by atoms with van der Waals surface area (Å²) in [6.45, 7) is 4.22. The second-order valence-corrected chi connectivity index (χ2v) is 12.7. The molecule has 2 aromatic heterocycles. The number of hydrogen-bond acceptors (Lipinski definition) is 8. The van der Waals surface area contributed by atoms with Crippen LogP contribution in [0.25, 0.3) is 22.3 Å². The Morgan fingerprint density at radius 1 is 1.00 bits per heavy atom. The first-order chi connectivity index (χ1) is 22.5. The van der Waals surface area contributed by atoms with E-state index in [-0.39, 0.29) is 18.4 Å². The molecule has 0 aliphatic carbocycles. The van der Waals surface area contributed by atoms with Crippen LogP contribution in [-0.2, 0) is 19.1 Å². The number of nitrogens with zero attached hydrogens (tertiary/aromatic N) is 5. The number of carbonyl (C=O) groups excluding carboxylic acids is 2. The molecule has 0 unspecified atom stereocenters. The van der Waals surface area contributed by atoms with Crippen LogP contribution in [0.2, 0.25) is 0 Å². The number of fused-ring (bicyclic) bond motifs is 1. The first-order valence-electron chi connectivity index (χ1n) is 16.3. The molecule has 5 heterocycles. The molecule has 0 radical (unpaired) electrons. The number of anilines is 1. The number of methoxy groups -OCH3 is 1. The van der Waals surface area contributed by atoms with Gasteiger partial charge in [-0.25, -0.2) is 9.97 Å². The number of aromatic amines is 1. The fourth-order valence-corrected chi connectivity index (χ4v) is 7.19. The molecule has 2 N–H and O–H groups in total. The van der Waals surface area contributed by atoms with Crippen LogP contribution < -0.4 is 5.32 Å². The fraction of sp³-hybridized carbons (Fsp3) is 0.457. The van der Waals surface area contributed by atoms with E-state index in [2.05, 4.69) is 49.7 Å². The average Bonchev–Trinajstić information content (AvgIpc) is 3.74. The van der Waals surface area contributed by atoms with Crippen molar-refractivity contribution >= 4 is 28.4 Å². The lowest BCUT2D eigenvalue weighted by atomic mass is 9.89. The summed E-state index contributed by atoms with van der Waals surface area (Å²) in [7, 11) is 1.58. The Labute approximate surface area is 268 Å². The van der Waals surface area contributed by atoms with Gasteiger partial charge in [-0.05, 0) is 67.9 Å². The van der Waals surface area contributed by atoms with Crippen LogP contribution in [0, 0.1) is 0 Å². The molecule has 3 fully saturated rings. The van der Waals surface area contributed by atoms with Crippen LogP contribution in [0.15, 0.2) is 60.9 Å². The van der Waals surface area contributed by atoms with Crippen LogP contribution in [0.3, 0.4) is 0 Å². The molecule has 11 nitrogen and oxygen atoms in total. The molecule has 0 saturated carbocycles. The van der Waals surface area contributed by atoms with E-state index < -0.39 is 5.60 Å². The molecule has 3 aliphatic rings. The van der Waals surface area contributed by atoms with Gasteiger partial charge in [0.05, 0.1) is 12.1 Å². The monoisotopic (exact) mass is 623 g/mol. The zero-order valence-electron chi connectivity index (χ0n) is 26.3. The quantitative estimate of drug-likeness (QED) is 0.297. The lowest BCUT2D eigenvalue weighted by Crippen LogP contribution is -2.48. The van der Waals surface area contributed by atoms with E-state index in [0.717, 1.165) is 80.0 Å². The minimum Gasteiger partial charge on any atom is -0.381 e. The molecule has 0 bridgehead atoms. The molecule has 2 aromatic carbocycles. The van der Waals surface area contributed by atoms with E-state index in [1.54, 1.807) is 19.5 Å². The molecule has 1 atom stereocenters. The Hall–Kier alpha value is -4.19. The molecule has 3 saturated heterocycles. The van der Waals surface area contributed by atoms with E-state index in [0.29, 0.717) is 37.0 Å². The Bertz CT molecular complexity index is 1660. The minimum atomic E-state index is -1.01. The fourth-order valence-electron chi connectivity index (χ4n) is 7.19. The van der Waals surface area contributed by atoms with Gasteiger partial charge in [0.15, 0.2) is 11.4 Å². The van der Waals surface area contributed by atoms with Crippen molar-refractivity contribution in [1.29, 1.82) is 0 Å². The lowest BCUT2D eigenvalue weighted by Gasteiger charge is -2.33. The van der Waals surface area contributed by atoms with Crippen LogP contribution >= 0.6 is 0 Å². The second-order valence-electron chi connectivity index (χ2n) is 12.7. The van der Waals surface area contributed by atoms with Crippen LogP contribution in [0.5, 0.6) is 0 Å². The molecule has 240 valence electrons. The number of rotatable bonds is 8. The zero-order chi connectivity index (χ0) is 31.5. The average molecular weight is 624 g/mol. The van der Waals surface area contributed by atoms with E-state index >= 15 is 0 Å². The van der Waals surface area contributed by atoms with E-state index in [1.165, 1.54) is 5.56 Å². The van der Waals surface area contributed by atoms with Crippen molar-refractivity contribution in [3.63, 3.8) is 0 Å². The number of hydrogen-bond donors (Lipinski definition) is 2.